The molecule has 1 rings (SSSR count). The molecule has 0 saturated carbocycles. The molecule has 4 heteroatoms. The Morgan fingerprint density at radius 3 is 2.59 bits per heavy atom. The van der Waals surface area contributed by atoms with Gasteiger partial charge in [0.05, 0.1) is 5.69 Å². The second-order valence-corrected chi connectivity index (χ2v) is 4.30. The van der Waals surface area contributed by atoms with E-state index in [9.17, 15) is 0 Å². The number of nitrogens with one attached hydrogen (secondary N) is 1. The summed E-state index contributed by atoms with van der Waals surface area (Å²) in [5, 5.41) is 3.41. The molecule has 0 aliphatic rings. The van der Waals surface area contributed by atoms with Gasteiger partial charge in [0.25, 0.3) is 0 Å². The molecular formula is C13H26N4. The van der Waals surface area contributed by atoms with Crippen LogP contribution in [0.4, 0.5) is 5.95 Å². The molecule has 1 aromatic rings. The lowest BCUT2D eigenvalue weighted by Gasteiger charge is -2.17. The van der Waals surface area contributed by atoms with Crippen molar-refractivity contribution in [2.45, 2.75) is 40.7 Å². The number of aryl methyl sites for hydroxylation is 2. The van der Waals surface area contributed by atoms with E-state index in [0.29, 0.717) is 0 Å². The van der Waals surface area contributed by atoms with E-state index >= 15 is 0 Å². The fourth-order valence-corrected chi connectivity index (χ4v) is 1.97. The summed E-state index contributed by atoms with van der Waals surface area (Å²) in [4.78, 5) is 6.92. The van der Waals surface area contributed by atoms with Crippen LogP contribution in [0.3, 0.4) is 0 Å². The molecule has 0 atom stereocenters. The van der Waals surface area contributed by atoms with Crippen LogP contribution in [0, 0.1) is 6.92 Å². The van der Waals surface area contributed by atoms with Crippen molar-refractivity contribution < 1.29 is 0 Å². The van der Waals surface area contributed by atoms with E-state index in [0.717, 1.165) is 50.8 Å². The number of aromatic nitrogens is 2. The van der Waals surface area contributed by atoms with Gasteiger partial charge in [-0.3, -0.25) is 0 Å². The second kappa shape index (κ2) is 7.33. The van der Waals surface area contributed by atoms with Gasteiger partial charge in [-0.15, -0.1) is 0 Å². The van der Waals surface area contributed by atoms with Crippen LogP contribution in [-0.2, 0) is 6.54 Å². The first-order chi connectivity index (χ1) is 8.21. The summed E-state index contributed by atoms with van der Waals surface area (Å²) in [7, 11) is 0. The highest BCUT2D eigenvalue weighted by molar-refractivity contribution is 5.28. The van der Waals surface area contributed by atoms with Crippen molar-refractivity contribution >= 4 is 5.95 Å². The molecule has 0 aliphatic carbocycles. The topological polar surface area (TPSA) is 33.1 Å². The molecular weight excluding hydrogens is 212 g/mol. The van der Waals surface area contributed by atoms with Crippen LogP contribution in [0.2, 0.25) is 0 Å². The third-order valence-corrected chi connectivity index (χ3v) is 3.07. The quantitative estimate of drug-likeness (QED) is 0.706. The minimum atomic E-state index is 0.971. The summed E-state index contributed by atoms with van der Waals surface area (Å²) in [6.45, 7) is 14.0. The molecule has 0 fully saturated rings. The van der Waals surface area contributed by atoms with Crippen molar-refractivity contribution in [2.24, 2.45) is 0 Å². The Hall–Kier alpha value is -1.03. The van der Waals surface area contributed by atoms with Crippen molar-refractivity contribution in [1.29, 1.82) is 0 Å². The van der Waals surface area contributed by atoms with Gasteiger partial charge in [-0.2, -0.15) is 0 Å². The lowest BCUT2D eigenvalue weighted by Crippen LogP contribution is -2.25. The Bertz CT molecular complexity index is 315. The Morgan fingerprint density at radius 2 is 2.00 bits per heavy atom. The molecule has 98 valence electrons. The molecule has 1 aromatic heterocycles. The molecule has 0 amide bonds. The fourth-order valence-electron chi connectivity index (χ4n) is 1.97. The molecule has 0 radical (unpaired) electrons. The van der Waals surface area contributed by atoms with E-state index in [1.54, 1.807) is 0 Å². The summed E-state index contributed by atoms with van der Waals surface area (Å²) in [5.74, 6) is 1.00. The van der Waals surface area contributed by atoms with Crippen LogP contribution in [0.25, 0.3) is 0 Å². The zero-order valence-corrected chi connectivity index (χ0v) is 11.7. The minimum Gasteiger partial charge on any atom is -0.356 e. The van der Waals surface area contributed by atoms with Crippen LogP contribution >= 0.6 is 0 Å². The van der Waals surface area contributed by atoms with Gasteiger partial charge in [0, 0.05) is 19.3 Å². The lowest BCUT2D eigenvalue weighted by atomic mass is 10.3. The molecule has 4 nitrogen and oxygen atoms in total. The van der Waals surface area contributed by atoms with Crippen molar-refractivity contribution in [1.82, 2.24) is 14.5 Å². The van der Waals surface area contributed by atoms with Crippen molar-refractivity contribution in [3.05, 3.63) is 11.9 Å². The first kappa shape index (κ1) is 14.0. The monoisotopic (exact) mass is 238 g/mol. The summed E-state index contributed by atoms with van der Waals surface area (Å²) < 4.78 is 2.16. The van der Waals surface area contributed by atoms with Crippen molar-refractivity contribution in [2.75, 3.05) is 31.5 Å². The van der Waals surface area contributed by atoms with E-state index in [1.807, 2.05) is 6.92 Å². The zero-order chi connectivity index (χ0) is 12.7. The Morgan fingerprint density at radius 1 is 1.29 bits per heavy atom. The average molecular weight is 238 g/mol. The number of imidazole rings is 1. The van der Waals surface area contributed by atoms with Gasteiger partial charge in [-0.05, 0) is 39.9 Å². The maximum absolute atomic E-state index is 4.48. The SMILES string of the molecule is CCN(CC)CCCNc1nc(C)cn1CC. The van der Waals surface area contributed by atoms with Gasteiger partial charge < -0.3 is 14.8 Å². The van der Waals surface area contributed by atoms with Crippen molar-refractivity contribution in [3.63, 3.8) is 0 Å². The van der Waals surface area contributed by atoms with E-state index in [2.05, 4.69) is 46.7 Å². The van der Waals surface area contributed by atoms with Gasteiger partial charge in [0.1, 0.15) is 0 Å². The van der Waals surface area contributed by atoms with Crippen LogP contribution < -0.4 is 5.32 Å². The average Bonchev–Trinajstić information content (AvgIpc) is 2.70. The molecule has 0 bridgehead atoms. The molecule has 1 heterocycles. The third kappa shape index (κ3) is 4.38. The Labute approximate surface area is 105 Å². The number of anilines is 1. The number of rotatable bonds is 8. The molecule has 0 aliphatic heterocycles. The first-order valence-electron chi connectivity index (χ1n) is 6.71. The summed E-state index contributed by atoms with van der Waals surface area (Å²) in [6.07, 6.45) is 3.25. The summed E-state index contributed by atoms with van der Waals surface area (Å²) in [6, 6.07) is 0. The highest BCUT2D eigenvalue weighted by atomic mass is 15.2. The predicted octanol–water partition coefficient (Wildman–Crippen LogP) is 2.36. The van der Waals surface area contributed by atoms with Gasteiger partial charge in [0.15, 0.2) is 0 Å². The smallest absolute Gasteiger partial charge is 0.203 e. The summed E-state index contributed by atoms with van der Waals surface area (Å²) in [5.41, 5.74) is 1.08. The minimum absolute atomic E-state index is 0.971. The lowest BCUT2D eigenvalue weighted by molar-refractivity contribution is 0.303. The second-order valence-electron chi connectivity index (χ2n) is 4.30. The highest BCUT2D eigenvalue weighted by Gasteiger charge is 2.03. The molecule has 0 unspecified atom stereocenters. The number of hydrogen-bond acceptors (Lipinski definition) is 3. The third-order valence-electron chi connectivity index (χ3n) is 3.07. The van der Waals surface area contributed by atoms with Gasteiger partial charge in [-0.25, -0.2) is 4.98 Å². The number of hydrogen-bond donors (Lipinski definition) is 1. The first-order valence-corrected chi connectivity index (χ1v) is 6.71. The van der Waals surface area contributed by atoms with E-state index < -0.39 is 0 Å². The fraction of sp³-hybridized carbons (Fsp3) is 0.769. The maximum atomic E-state index is 4.48. The Kier molecular flexibility index (Phi) is 6.05. The maximum Gasteiger partial charge on any atom is 0.203 e. The molecule has 1 N–H and O–H groups in total. The van der Waals surface area contributed by atoms with E-state index in [-0.39, 0.29) is 0 Å². The highest BCUT2D eigenvalue weighted by Crippen LogP contribution is 2.07. The molecule has 0 aromatic carbocycles. The van der Waals surface area contributed by atoms with Crippen LogP contribution in [0.1, 0.15) is 32.9 Å². The molecule has 0 spiro atoms. The Balaban J connectivity index is 2.30. The van der Waals surface area contributed by atoms with Crippen LogP contribution in [0.15, 0.2) is 6.20 Å². The predicted molar refractivity (Wildman–Crippen MR) is 73.5 cm³/mol. The van der Waals surface area contributed by atoms with E-state index in [1.165, 1.54) is 0 Å². The standard InChI is InChI=1S/C13H26N4/c1-5-16(6-2)10-8-9-14-13-15-12(4)11-17(13)7-3/h11H,5-10H2,1-4H3,(H,14,15). The van der Waals surface area contributed by atoms with E-state index in [4.69, 9.17) is 0 Å². The van der Waals surface area contributed by atoms with Gasteiger partial charge in [-0.1, -0.05) is 13.8 Å². The normalized spacial score (nSPS) is 11.1. The summed E-state index contributed by atoms with van der Waals surface area (Å²) >= 11 is 0. The van der Waals surface area contributed by atoms with Gasteiger partial charge in [0.2, 0.25) is 5.95 Å². The van der Waals surface area contributed by atoms with Gasteiger partial charge >= 0.3 is 0 Å². The largest absolute Gasteiger partial charge is 0.356 e. The number of nitrogens with zero attached hydrogens (tertiary/aromatic N) is 3. The zero-order valence-electron chi connectivity index (χ0n) is 11.7. The molecule has 17 heavy (non-hydrogen) atoms. The molecule has 0 saturated heterocycles. The van der Waals surface area contributed by atoms with Crippen LogP contribution in [0.5, 0.6) is 0 Å². The van der Waals surface area contributed by atoms with Crippen LogP contribution in [-0.4, -0.2) is 40.6 Å². The van der Waals surface area contributed by atoms with Crippen molar-refractivity contribution in [3.8, 4) is 0 Å².